The van der Waals surface area contributed by atoms with Gasteiger partial charge in [0, 0.05) is 17.8 Å². The molecule has 0 unspecified atom stereocenters. The lowest BCUT2D eigenvalue weighted by molar-refractivity contribution is 0.310. The number of rotatable bonds is 2. The summed E-state index contributed by atoms with van der Waals surface area (Å²) in [6, 6.07) is 3.77. The van der Waals surface area contributed by atoms with Gasteiger partial charge in [0.1, 0.15) is 0 Å². The van der Waals surface area contributed by atoms with Crippen molar-refractivity contribution < 1.29 is 4.74 Å². The minimum atomic E-state index is -0.0638. The lowest BCUT2D eigenvalue weighted by atomic mass is 9.83. The van der Waals surface area contributed by atoms with E-state index in [1.165, 1.54) is 0 Å². The van der Waals surface area contributed by atoms with Gasteiger partial charge in [-0.3, -0.25) is 0 Å². The third-order valence-electron chi connectivity index (χ3n) is 2.26. The Hall–Kier alpha value is -1.09. The van der Waals surface area contributed by atoms with E-state index < -0.39 is 0 Å². The molecule has 2 N–H and O–H groups in total. The Morgan fingerprint density at radius 2 is 2.07 bits per heavy atom. The van der Waals surface area contributed by atoms with Gasteiger partial charge < -0.3 is 10.5 Å². The zero-order chi connectivity index (χ0) is 10.8. The van der Waals surface area contributed by atoms with Gasteiger partial charge in [0.05, 0.1) is 7.11 Å². The summed E-state index contributed by atoms with van der Waals surface area (Å²) in [7, 11) is 1.61. The lowest BCUT2D eigenvalue weighted by Crippen LogP contribution is -2.26. The number of nitrogens with two attached hydrogens (primary N) is 1. The SMILES string of the molecule is COc1ncccc1[C@@H](N)C(C)(C)C. The van der Waals surface area contributed by atoms with Crippen molar-refractivity contribution in [2.45, 2.75) is 26.8 Å². The van der Waals surface area contributed by atoms with E-state index in [-0.39, 0.29) is 11.5 Å². The largest absolute Gasteiger partial charge is 0.481 e. The van der Waals surface area contributed by atoms with Crippen LogP contribution in [0.3, 0.4) is 0 Å². The second-order valence-corrected chi connectivity index (χ2v) is 4.45. The first-order chi connectivity index (χ1) is 6.46. The second kappa shape index (κ2) is 3.96. The molecule has 0 aliphatic carbocycles. The first-order valence-corrected chi connectivity index (χ1v) is 4.71. The van der Waals surface area contributed by atoms with Gasteiger partial charge in [0.2, 0.25) is 5.88 Å². The molecule has 0 bridgehead atoms. The van der Waals surface area contributed by atoms with Crippen molar-refractivity contribution in [3.8, 4) is 5.88 Å². The molecule has 0 aliphatic rings. The van der Waals surface area contributed by atoms with Crippen molar-refractivity contribution >= 4 is 0 Å². The summed E-state index contributed by atoms with van der Waals surface area (Å²) in [6.45, 7) is 6.30. The Balaban J connectivity index is 3.06. The Morgan fingerprint density at radius 3 is 2.57 bits per heavy atom. The maximum Gasteiger partial charge on any atom is 0.217 e. The van der Waals surface area contributed by atoms with Crippen molar-refractivity contribution in [1.29, 1.82) is 0 Å². The fourth-order valence-electron chi connectivity index (χ4n) is 1.28. The standard InChI is InChI=1S/C11H18N2O/c1-11(2,3)9(12)8-6-5-7-13-10(8)14-4/h5-7,9H,12H2,1-4H3/t9-/m1/s1. The molecule has 0 amide bonds. The Morgan fingerprint density at radius 1 is 1.43 bits per heavy atom. The van der Waals surface area contributed by atoms with E-state index in [0.29, 0.717) is 5.88 Å². The molecular weight excluding hydrogens is 176 g/mol. The number of methoxy groups -OCH3 is 1. The molecule has 0 saturated carbocycles. The average molecular weight is 194 g/mol. The van der Waals surface area contributed by atoms with Crippen LogP contribution in [0.1, 0.15) is 32.4 Å². The zero-order valence-corrected chi connectivity index (χ0v) is 9.24. The number of pyridine rings is 1. The van der Waals surface area contributed by atoms with E-state index in [0.717, 1.165) is 5.56 Å². The number of hydrogen-bond acceptors (Lipinski definition) is 3. The molecule has 1 aromatic heterocycles. The highest BCUT2D eigenvalue weighted by Gasteiger charge is 2.25. The monoisotopic (exact) mass is 194 g/mol. The smallest absolute Gasteiger partial charge is 0.217 e. The lowest BCUT2D eigenvalue weighted by Gasteiger charge is -2.27. The predicted octanol–water partition coefficient (Wildman–Crippen LogP) is 2.14. The molecule has 3 nitrogen and oxygen atoms in total. The average Bonchev–Trinajstić information content (AvgIpc) is 2.15. The number of aromatic nitrogens is 1. The molecule has 0 radical (unpaired) electrons. The first-order valence-electron chi connectivity index (χ1n) is 4.71. The minimum absolute atomic E-state index is 0.0102. The summed E-state index contributed by atoms with van der Waals surface area (Å²) in [5, 5.41) is 0. The molecule has 1 atom stereocenters. The molecule has 1 aromatic rings. The van der Waals surface area contributed by atoms with E-state index in [9.17, 15) is 0 Å². The van der Waals surface area contributed by atoms with Crippen LogP contribution >= 0.6 is 0 Å². The van der Waals surface area contributed by atoms with Gasteiger partial charge in [-0.2, -0.15) is 0 Å². The maximum absolute atomic E-state index is 6.13. The number of ether oxygens (including phenoxy) is 1. The summed E-state index contributed by atoms with van der Waals surface area (Å²) in [5.74, 6) is 0.620. The van der Waals surface area contributed by atoms with Crippen LogP contribution in [0.5, 0.6) is 5.88 Å². The highest BCUT2D eigenvalue weighted by molar-refractivity contribution is 5.29. The second-order valence-electron chi connectivity index (χ2n) is 4.45. The fraction of sp³-hybridized carbons (Fsp3) is 0.545. The Labute approximate surface area is 85.3 Å². The summed E-state index contributed by atoms with van der Waals surface area (Å²) < 4.78 is 5.17. The van der Waals surface area contributed by atoms with Crippen LogP contribution in [0, 0.1) is 5.41 Å². The van der Waals surface area contributed by atoms with Crippen molar-refractivity contribution in [2.75, 3.05) is 7.11 Å². The molecule has 0 aliphatic heterocycles. The van der Waals surface area contributed by atoms with Gasteiger partial charge in [-0.1, -0.05) is 26.8 Å². The third-order valence-corrected chi connectivity index (χ3v) is 2.26. The quantitative estimate of drug-likeness (QED) is 0.784. The highest BCUT2D eigenvalue weighted by atomic mass is 16.5. The van der Waals surface area contributed by atoms with E-state index >= 15 is 0 Å². The van der Waals surface area contributed by atoms with Crippen molar-refractivity contribution in [1.82, 2.24) is 4.98 Å². The minimum Gasteiger partial charge on any atom is -0.481 e. The van der Waals surface area contributed by atoms with Crippen LogP contribution in [0.2, 0.25) is 0 Å². The van der Waals surface area contributed by atoms with Gasteiger partial charge in [-0.25, -0.2) is 4.98 Å². The summed E-state index contributed by atoms with van der Waals surface area (Å²) in [4.78, 5) is 4.13. The Kier molecular flexibility index (Phi) is 3.11. The molecule has 0 saturated heterocycles. The normalized spacial score (nSPS) is 13.8. The fourth-order valence-corrected chi connectivity index (χ4v) is 1.28. The van der Waals surface area contributed by atoms with Crippen LogP contribution in [0.4, 0.5) is 0 Å². The third kappa shape index (κ3) is 2.23. The first kappa shape index (κ1) is 11.0. The summed E-state index contributed by atoms with van der Waals surface area (Å²) in [5.41, 5.74) is 7.10. The van der Waals surface area contributed by atoms with Gasteiger partial charge in [-0.05, 0) is 11.5 Å². The van der Waals surface area contributed by atoms with Crippen LogP contribution in [0.25, 0.3) is 0 Å². The molecule has 3 heteroatoms. The van der Waals surface area contributed by atoms with Crippen LogP contribution in [-0.2, 0) is 0 Å². The van der Waals surface area contributed by atoms with Gasteiger partial charge >= 0.3 is 0 Å². The summed E-state index contributed by atoms with van der Waals surface area (Å²) >= 11 is 0. The van der Waals surface area contributed by atoms with E-state index in [1.807, 2.05) is 12.1 Å². The van der Waals surface area contributed by atoms with E-state index in [1.54, 1.807) is 13.3 Å². The topological polar surface area (TPSA) is 48.1 Å². The molecule has 0 fully saturated rings. The zero-order valence-electron chi connectivity index (χ0n) is 9.24. The van der Waals surface area contributed by atoms with Crippen LogP contribution in [0.15, 0.2) is 18.3 Å². The molecule has 14 heavy (non-hydrogen) atoms. The van der Waals surface area contributed by atoms with Crippen LogP contribution < -0.4 is 10.5 Å². The summed E-state index contributed by atoms with van der Waals surface area (Å²) in [6.07, 6.45) is 1.71. The van der Waals surface area contributed by atoms with E-state index in [4.69, 9.17) is 10.5 Å². The molecule has 0 spiro atoms. The van der Waals surface area contributed by atoms with Crippen molar-refractivity contribution in [3.05, 3.63) is 23.9 Å². The number of hydrogen-bond donors (Lipinski definition) is 1. The molecule has 78 valence electrons. The number of nitrogens with zero attached hydrogens (tertiary/aromatic N) is 1. The molecule has 1 rings (SSSR count). The van der Waals surface area contributed by atoms with Gasteiger partial charge in [0.25, 0.3) is 0 Å². The Bertz CT molecular complexity index is 304. The predicted molar refractivity (Wildman–Crippen MR) is 57.2 cm³/mol. The van der Waals surface area contributed by atoms with Gasteiger partial charge in [0.15, 0.2) is 0 Å². The van der Waals surface area contributed by atoms with Gasteiger partial charge in [-0.15, -0.1) is 0 Å². The molecular formula is C11H18N2O. The van der Waals surface area contributed by atoms with Crippen molar-refractivity contribution in [2.24, 2.45) is 11.1 Å². The van der Waals surface area contributed by atoms with Crippen molar-refractivity contribution in [3.63, 3.8) is 0 Å². The highest BCUT2D eigenvalue weighted by Crippen LogP contribution is 2.33. The van der Waals surface area contributed by atoms with E-state index in [2.05, 4.69) is 25.8 Å². The van der Waals surface area contributed by atoms with Crippen LogP contribution in [-0.4, -0.2) is 12.1 Å². The molecule has 0 aromatic carbocycles. The maximum atomic E-state index is 6.13. The molecule has 1 heterocycles.